The fraction of sp³-hybridized carbons (Fsp3) is 0.450. The lowest BCUT2D eigenvalue weighted by molar-refractivity contribution is -0.115. The second-order valence-electron chi connectivity index (χ2n) is 6.75. The quantitative estimate of drug-likeness (QED) is 0.770. The van der Waals surface area contributed by atoms with Crippen molar-refractivity contribution in [2.45, 2.75) is 47.6 Å². The van der Waals surface area contributed by atoms with E-state index in [4.69, 9.17) is 4.74 Å². The molecule has 1 N–H and O–H groups in total. The summed E-state index contributed by atoms with van der Waals surface area (Å²) in [4.78, 5) is 24.1. The number of nitrogens with one attached hydrogen (secondary N) is 1. The summed E-state index contributed by atoms with van der Waals surface area (Å²) in [7, 11) is 0. The second-order valence-corrected chi connectivity index (χ2v) is 6.75. The Hall–Kier alpha value is -2.63. The number of aromatic nitrogens is 2. The molecule has 0 atom stereocenters. The van der Waals surface area contributed by atoms with Crippen molar-refractivity contribution in [3.05, 3.63) is 46.8 Å². The molecular formula is C20H27N3O3. The molecule has 0 aliphatic rings. The first-order chi connectivity index (χ1) is 12.3. The number of anilines is 1. The zero-order valence-electron chi connectivity index (χ0n) is 16.1. The molecule has 2 aromatic rings. The van der Waals surface area contributed by atoms with Gasteiger partial charge in [0.05, 0.1) is 24.3 Å². The predicted molar refractivity (Wildman–Crippen MR) is 101 cm³/mol. The Balaban J connectivity index is 2.03. The van der Waals surface area contributed by atoms with Crippen molar-refractivity contribution in [1.29, 1.82) is 0 Å². The highest BCUT2D eigenvalue weighted by molar-refractivity contribution is 5.94. The van der Waals surface area contributed by atoms with Crippen molar-refractivity contribution >= 4 is 17.6 Å². The van der Waals surface area contributed by atoms with Crippen molar-refractivity contribution in [2.75, 3.05) is 11.9 Å². The van der Waals surface area contributed by atoms with Crippen LogP contribution < -0.4 is 5.32 Å². The number of hydrogen-bond acceptors (Lipinski definition) is 4. The van der Waals surface area contributed by atoms with Crippen LogP contribution in [0.1, 0.15) is 48.1 Å². The Morgan fingerprint density at radius 1 is 1.19 bits per heavy atom. The van der Waals surface area contributed by atoms with Crippen LogP contribution in [0.3, 0.4) is 0 Å². The van der Waals surface area contributed by atoms with Gasteiger partial charge >= 0.3 is 5.97 Å². The first kappa shape index (κ1) is 19.7. The van der Waals surface area contributed by atoms with Gasteiger partial charge in [-0.2, -0.15) is 5.10 Å². The van der Waals surface area contributed by atoms with E-state index in [-0.39, 0.29) is 18.3 Å². The lowest BCUT2D eigenvalue weighted by Crippen LogP contribution is -2.16. The van der Waals surface area contributed by atoms with Crippen molar-refractivity contribution in [1.82, 2.24) is 9.78 Å². The number of nitrogens with zero attached hydrogens (tertiary/aromatic N) is 2. The van der Waals surface area contributed by atoms with Gasteiger partial charge in [0.15, 0.2) is 0 Å². The normalized spacial score (nSPS) is 10.8. The molecule has 0 fully saturated rings. The van der Waals surface area contributed by atoms with Crippen molar-refractivity contribution in [2.24, 2.45) is 5.92 Å². The summed E-state index contributed by atoms with van der Waals surface area (Å²) in [6.07, 6.45) is 0.273. The number of amides is 1. The van der Waals surface area contributed by atoms with Crippen LogP contribution in [0.25, 0.3) is 0 Å². The molecule has 0 spiro atoms. The van der Waals surface area contributed by atoms with Gasteiger partial charge in [0.25, 0.3) is 0 Å². The van der Waals surface area contributed by atoms with Crippen molar-refractivity contribution in [3.8, 4) is 0 Å². The summed E-state index contributed by atoms with van der Waals surface area (Å²) in [5.41, 5.74) is 3.99. The van der Waals surface area contributed by atoms with Crippen LogP contribution >= 0.6 is 0 Å². The van der Waals surface area contributed by atoms with Gasteiger partial charge in [0.1, 0.15) is 0 Å². The molecule has 2 rings (SSSR count). The molecule has 6 nitrogen and oxygen atoms in total. The van der Waals surface area contributed by atoms with Crippen LogP contribution in [0.4, 0.5) is 5.69 Å². The first-order valence-corrected chi connectivity index (χ1v) is 8.91. The fourth-order valence-corrected chi connectivity index (χ4v) is 2.78. The van der Waals surface area contributed by atoms with Crippen LogP contribution in [0, 0.1) is 19.8 Å². The number of esters is 1. The van der Waals surface area contributed by atoms with Gasteiger partial charge in [0.2, 0.25) is 5.91 Å². The lowest BCUT2D eigenvalue weighted by atomic mass is 10.1. The monoisotopic (exact) mass is 357 g/mol. The van der Waals surface area contributed by atoms with Gasteiger partial charge in [-0.25, -0.2) is 4.79 Å². The molecule has 0 unspecified atom stereocenters. The van der Waals surface area contributed by atoms with Crippen LogP contribution in [-0.2, 0) is 22.5 Å². The Bertz CT molecular complexity index is 776. The number of carbonyl (C=O) groups is 2. The van der Waals surface area contributed by atoms with E-state index < -0.39 is 0 Å². The van der Waals surface area contributed by atoms with Crippen LogP contribution in [0.2, 0.25) is 0 Å². The van der Waals surface area contributed by atoms with Crippen molar-refractivity contribution in [3.63, 3.8) is 0 Å². The van der Waals surface area contributed by atoms with E-state index in [0.29, 0.717) is 23.8 Å². The molecule has 0 saturated carbocycles. The molecule has 1 heterocycles. The fourth-order valence-electron chi connectivity index (χ4n) is 2.78. The van der Waals surface area contributed by atoms with E-state index in [9.17, 15) is 9.59 Å². The number of benzene rings is 1. The third-order valence-electron chi connectivity index (χ3n) is 4.09. The minimum absolute atomic E-state index is 0.107. The summed E-state index contributed by atoms with van der Waals surface area (Å²) in [6, 6.07) is 6.69. The van der Waals surface area contributed by atoms with Crippen LogP contribution in [0.15, 0.2) is 24.3 Å². The smallest absolute Gasteiger partial charge is 0.338 e. The van der Waals surface area contributed by atoms with E-state index in [2.05, 4.69) is 24.3 Å². The molecule has 0 bridgehead atoms. The predicted octanol–water partition coefficient (Wildman–Crippen LogP) is 3.51. The molecule has 1 amide bonds. The second kappa shape index (κ2) is 8.65. The topological polar surface area (TPSA) is 73.2 Å². The number of hydrogen-bond donors (Lipinski definition) is 1. The molecule has 140 valence electrons. The largest absolute Gasteiger partial charge is 0.462 e. The average molecular weight is 357 g/mol. The molecular weight excluding hydrogens is 330 g/mol. The summed E-state index contributed by atoms with van der Waals surface area (Å²) >= 11 is 0. The summed E-state index contributed by atoms with van der Waals surface area (Å²) in [5, 5.41) is 7.41. The first-order valence-electron chi connectivity index (χ1n) is 8.91. The van der Waals surface area contributed by atoms with Gasteiger partial charge in [-0.05, 0) is 51.0 Å². The molecule has 1 aromatic carbocycles. The third kappa shape index (κ3) is 4.94. The standard InChI is InChI=1S/C20H27N3O3/c1-6-26-20(25)16-7-9-17(10-8-16)21-19(24)11-18-14(4)22-23(15(18)5)12-13(2)3/h7-10,13H,6,11-12H2,1-5H3,(H,21,24). The molecule has 0 radical (unpaired) electrons. The highest BCUT2D eigenvalue weighted by Gasteiger charge is 2.16. The molecule has 26 heavy (non-hydrogen) atoms. The van der Waals surface area contributed by atoms with Gasteiger partial charge in [0, 0.05) is 23.5 Å². The average Bonchev–Trinajstić information content (AvgIpc) is 2.82. The Labute approximate surface area is 154 Å². The summed E-state index contributed by atoms with van der Waals surface area (Å²) < 4.78 is 6.92. The zero-order valence-corrected chi connectivity index (χ0v) is 16.1. The zero-order chi connectivity index (χ0) is 19.3. The minimum atomic E-state index is -0.366. The van der Waals surface area contributed by atoms with E-state index >= 15 is 0 Å². The maximum absolute atomic E-state index is 12.4. The number of carbonyl (C=O) groups excluding carboxylic acids is 2. The highest BCUT2D eigenvalue weighted by atomic mass is 16.5. The lowest BCUT2D eigenvalue weighted by Gasteiger charge is -2.09. The third-order valence-corrected chi connectivity index (χ3v) is 4.09. The van der Waals surface area contributed by atoms with E-state index in [1.165, 1.54) is 0 Å². The van der Waals surface area contributed by atoms with E-state index in [1.54, 1.807) is 31.2 Å². The summed E-state index contributed by atoms with van der Waals surface area (Å²) in [5.74, 6) is 0.0194. The molecule has 6 heteroatoms. The Kier molecular flexibility index (Phi) is 6.55. The molecule has 1 aromatic heterocycles. The molecule has 0 aliphatic heterocycles. The van der Waals surface area contributed by atoms with Crippen LogP contribution in [0.5, 0.6) is 0 Å². The van der Waals surface area contributed by atoms with Gasteiger partial charge in [-0.1, -0.05) is 13.8 Å². The van der Waals surface area contributed by atoms with Gasteiger partial charge in [-0.15, -0.1) is 0 Å². The summed E-state index contributed by atoms with van der Waals surface area (Å²) in [6.45, 7) is 11.1. The number of rotatable bonds is 7. The van der Waals surface area contributed by atoms with E-state index in [0.717, 1.165) is 23.5 Å². The molecule has 0 saturated heterocycles. The maximum atomic E-state index is 12.4. The highest BCUT2D eigenvalue weighted by Crippen LogP contribution is 2.17. The maximum Gasteiger partial charge on any atom is 0.338 e. The van der Waals surface area contributed by atoms with Crippen LogP contribution in [-0.4, -0.2) is 28.3 Å². The Morgan fingerprint density at radius 3 is 2.42 bits per heavy atom. The van der Waals surface area contributed by atoms with E-state index in [1.807, 2.05) is 18.5 Å². The number of ether oxygens (including phenoxy) is 1. The van der Waals surface area contributed by atoms with Gasteiger partial charge < -0.3 is 10.1 Å². The Morgan fingerprint density at radius 2 is 1.85 bits per heavy atom. The van der Waals surface area contributed by atoms with Gasteiger partial charge in [-0.3, -0.25) is 9.48 Å². The SMILES string of the molecule is CCOC(=O)c1ccc(NC(=O)Cc2c(C)nn(CC(C)C)c2C)cc1. The number of aryl methyl sites for hydroxylation is 1. The van der Waals surface area contributed by atoms with Crippen molar-refractivity contribution < 1.29 is 14.3 Å². The minimum Gasteiger partial charge on any atom is -0.462 e. The molecule has 0 aliphatic carbocycles.